The first-order valence-corrected chi connectivity index (χ1v) is 7.72. The summed E-state index contributed by atoms with van der Waals surface area (Å²) >= 11 is 1.23. The molecule has 2 heterocycles. The number of anilines is 1. The van der Waals surface area contributed by atoms with Crippen LogP contribution in [0.1, 0.15) is 19.3 Å². The number of halogens is 2. The monoisotopic (exact) mass is 311 g/mol. The molecule has 1 amide bonds. The van der Waals surface area contributed by atoms with Crippen LogP contribution in [0, 0.1) is 11.6 Å². The highest BCUT2D eigenvalue weighted by molar-refractivity contribution is 7.22. The Morgan fingerprint density at radius 2 is 2.24 bits per heavy atom. The second-order valence-electron chi connectivity index (χ2n) is 5.02. The van der Waals surface area contributed by atoms with Gasteiger partial charge >= 0.3 is 0 Å². The number of nitrogens with zero attached hydrogens (tertiary/aromatic N) is 2. The molecule has 7 heteroatoms. The normalized spacial score (nSPS) is 15.1. The maximum absolute atomic E-state index is 13.5. The summed E-state index contributed by atoms with van der Waals surface area (Å²) in [7, 11) is 0. The van der Waals surface area contributed by atoms with Crippen LogP contribution >= 0.6 is 11.3 Å². The average Bonchev–Trinajstić information content (AvgIpc) is 3.01. The van der Waals surface area contributed by atoms with E-state index in [-0.39, 0.29) is 11.4 Å². The molecule has 0 saturated carbocycles. The van der Waals surface area contributed by atoms with Crippen molar-refractivity contribution in [3.8, 4) is 0 Å². The Labute approximate surface area is 124 Å². The number of aromatic nitrogens is 1. The zero-order chi connectivity index (χ0) is 14.8. The van der Waals surface area contributed by atoms with Crippen LogP contribution in [0.3, 0.4) is 0 Å². The van der Waals surface area contributed by atoms with Crippen molar-refractivity contribution in [2.45, 2.75) is 19.3 Å². The van der Waals surface area contributed by atoms with Crippen LogP contribution in [0.5, 0.6) is 0 Å². The summed E-state index contributed by atoms with van der Waals surface area (Å²) in [6.07, 6.45) is 2.39. The maximum Gasteiger partial charge on any atom is 0.222 e. The molecule has 112 valence electrons. The molecule has 1 fully saturated rings. The van der Waals surface area contributed by atoms with Gasteiger partial charge in [-0.3, -0.25) is 4.79 Å². The number of benzene rings is 1. The fourth-order valence-corrected chi connectivity index (χ4v) is 3.37. The van der Waals surface area contributed by atoms with Gasteiger partial charge in [-0.25, -0.2) is 13.8 Å². The summed E-state index contributed by atoms with van der Waals surface area (Å²) in [6, 6.07) is 2.12. The Hall–Kier alpha value is -1.76. The van der Waals surface area contributed by atoms with Crippen LogP contribution < -0.4 is 5.32 Å². The molecule has 21 heavy (non-hydrogen) atoms. The van der Waals surface area contributed by atoms with Gasteiger partial charge in [-0.1, -0.05) is 11.3 Å². The third-order valence-electron chi connectivity index (χ3n) is 3.47. The van der Waals surface area contributed by atoms with Crippen molar-refractivity contribution < 1.29 is 13.6 Å². The Kier molecular flexibility index (Phi) is 4.01. The summed E-state index contributed by atoms with van der Waals surface area (Å²) in [6.45, 7) is 2.21. The molecule has 1 saturated heterocycles. The summed E-state index contributed by atoms with van der Waals surface area (Å²) in [4.78, 5) is 17.4. The van der Waals surface area contributed by atoms with Gasteiger partial charge in [-0.2, -0.15) is 0 Å². The number of hydrogen-bond donors (Lipinski definition) is 1. The molecule has 2 aromatic rings. The van der Waals surface area contributed by atoms with Crippen LogP contribution in [0.2, 0.25) is 0 Å². The molecule has 3 rings (SSSR count). The van der Waals surface area contributed by atoms with E-state index in [4.69, 9.17) is 0 Å². The van der Waals surface area contributed by atoms with Gasteiger partial charge in [-0.05, 0) is 18.9 Å². The van der Waals surface area contributed by atoms with Crippen LogP contribution in [0.25, 0.3) is 10.2 Å². The first-order valence-electron chi connectivity index (χ1n) is 6.91. The van der Waals surface area contributed by atoms with Crippen LogP contribution in [0.15, 0.2) is 12.1 Å². The quantitative estimate of drug-likeness (QED) is 0.863. The average molecular weight is 311 g/mol. The lowest BCUT2D eigenvalue weighted by molar-refractivity contribution is -0.127. The lowest BCUT2D eigenvalue weighted by Crippen LogP contribution is -2.26. The van der Waals surface area contributed by atoms with Crippen LogP contribution in [-0.4, -0.2) is 35.4 Å². The first-order chi connectivity index (χ1) is 10.1. The smallest absolute Gasteiger partial charge is 0.222 e. The third kappa shape index (κ3) is 3.12. The number of carbonyl (C=O) groups excluding carboxylic acids is 1. The summed E-state index contributed by atoms with van der Waals surface area (Å²) in [5.41, 5.74) is 0.193. The van der Waals surface area contributed by atoms with Crippen molar-refractivity contribution in [3.05, 3.63) is 23.8 Å². The standard InChI is InChI=1S/C14H15F2N3OS/c15-9-7-10(16)13-11(8-9)21-14(18-13)17-4-2-6-19-5-1-3-12(19)20/h7-8H,1-6H2,(H,17,18). The predicted molar refractivity (Wildman–Crippen MR) is 78.5 cm³/mol. The van der Waals surface area contributed by atoms with Crippen molar-refractivity contribution in [3.63, 3.8) is 0 Å². The minimum Gasteiger partial charge on any atom is -0.361 e. The molecule has 1 aromatic heterocycles. The number of likely N-dealkylation sites (tertiary alicyclic amines) is 1. The van der Waals surface area contributed by atoms with E-state index in [9.17, 15) is 13.6 Å². The molecule has 0 bridgehead atoms. The molecular formula is C14H15F2N3OS. The number of amides is 1. The first kappa shape index (κ1) is 14.2. The molecule has 0 unspecified atom stereocenters. The molecule has 0 atom stereocenters. The lowest BCUT2D eigenvalue weighted by atomic mass is 10.3. The van der Waals surface area contributed by atoms with Gasteiger partial charge in [-0.15, -0.1) is 0 Å². The van der Waals surface area contributed by atoms with Gasteiger partial charge in [0.25, 0.3) is 0 Å². The number of rotatable bonds is 5. The van der Waals surface area contributed by atoms with Crippen molar-refractivity contribution in [1.82, 2.24) is 9.88 Å². The molecule has 4 nitrogen and oxygen atoms in total. The summed E-state index contributed by atoms with van der Waals surface area (Å²) in [5, 5.41) is 3.67. The van der Waals surface area contributed by atoms with E-state index in [1.807, 2.05) is 4.90 Å². The van der Waals surface area contributed by atoms with Crippen LogP contribution in [-0.2, 0) is 4.79 Å². The number of fused-ring (bicyclic) bond motifs is 1. The van der Waals surface area contributed by atoms with E-state index in [1.165, 1.54) is 17.4 Å². The fourth-order valence-electron chi connectivity index (χ4n) is 2.44. The predicted octanol–water partition coefficient (Wildman–Crippen LogP) is 3.00. The highest BCUT2D eigenvalue weighted by Crippen LogP contribution is 2.28. The zero-order valence-corrected chi connectivity index (χ0v) is 12.2. The SMILES string of the molecule is O=C1CCCN1CCCNc1nc2c(F)cc(F)cc2s1. The molecule has 1 aromatic carbocycles. The molecule has 0 spiro atoms. The second kappa shape index (κ2) is 5.93. The number of hydrogen-bond acceptors (Lipinski definition) is 4. The molecule has 0 radical (unpaired) electrons. The Morgan fingerprint density at radius 1 is 1.38 bits per heavy atom. The van der Waals surface area contributed by atoms with Gasteiger partial charge in [0.2, 0.25) is 5.91 Å². The number of thiazole rings is 1. The highest BCUT2D eigenvalue weighted by atomic mass is 32.1. The van der Waals surface area contributed by atoms with E-state index in [0.717, 1.165) is 32.0 Å². The molecular weight excluding hydrogens is 296 g/mol. The summed E-state index contributed by atoms with van der Waals surface area (Å²) < 4.78 is 27.1. The number of carbonyl (C=O) groups is 1. The highest BCUT2D eigenvalue weighted by Gasteiger charge is 2.19. The van der Waals surface area contributed by atoms with Crippen molar-refractivity contribution >= 4 is 32.6 Å². The van der Waals surface area contributed by atoms with E-state index in [1.54, 1.807) is 0 Å². The van der Waals surface area contributed by atoms with E-state index in [2.05, 4.69) is 10.3 Å². The molecule has 0 aliphatic carbocycles. The number of nitrogens with one attached hydrogen (secondary N) is 1. The van der Waals surface area contributed by atoms with E-state index < -0.39 is 11.6 Å². The van der Waals surface area contributed by atoms with Gasteiger partial charge < -0.3 is 10.2 Å². The van der Waals surface area contributed by atoms with Gasteiger partial charge in [0, 0.05) is 32.1 Å². The van der Waals surface area contributed by atoms with Crippen molar-refractivity contribution in [2.75, 3.05) is 25.0 Å². The zero-order valence-electron chi connectivity index (χ0n) is 11.4. The van der Waals surface area contributed by atoms with E-state index >= 15 is 0 Å². The lowest BCUT2D eigenvalue weighted by Gasteiger charge is -2.14. The topological polar surface area (TPSA) is 45.2 Å². The maximum atomic E-state index is 13.5. The Morgan fingerprint density at radius 3 is 3.00 bits per heavy atom. The van der Waals surface area contributed by atoms with Crippen molar-refractivity contribution in [2.24, 2.45) is 0 Å². The van der Waals surface area contributed by atoms with Crippen molar-refractivity contribution in [1.29, 1.82) is 0 Å². The minimum absolute atomic E-state index is 0.193. The molecule has 1 aliphatic rings. The molecule has 1 aliphatic heterocycles. The van der Waals surface area contributed by atoms with Gasteiger partial charge in [0.1, 0.15) is 11.3 Å². The van der Waals surface area contributed by atoms with Gasteiger partial charge in [0.15, 0.2) is 10.9 Å². The largest absolute Gasteiger partial charge is 0.361 e. The fraction of sp³-hybridized carbons (Fsp3) is 0.429. The van der Waals surface area contributed by atoms with Crippen LogP contribution in [0.4, 0.5) is 13.9 Å². The second-order valence-corrected chi connectivity index (χ2v) is 6.05. The Balaban J connectivity index is 1.56. The third-order valence-corrected chi connectivity index (χ3v) is 4.43. The van der Waals surface area contributed by atoms with E-state index in [0.29, 0.717) is 22.8 Å². The summed E-state index contributed by atoms with van der Waals surface area (Å²) in [5.74, 6) is -1.02. The molecule has 1 N–H and O–H groups in total. The van der Waals surface area contributed by atoms with Gasteiger partial charge in [0.05, 0.1) is 4.70 Å². The minimum atomic E-state index is -0.642. The Bertz CT molecular complexity index is 674.